The van der Waals surface area contributed by atoms with Crippen LogP contribution in [-0.4, -0.2) is 73.7 Å². The first-order valence-electron chi connectivity index (χ1n) is 9.68. The van der Waals surface area contributed by atoms with Crippen LogP contribution < -0.4 is 10.6 Å². The molecule has 0 spiro atoms. The highest BCUT2D eigenvalue weighted by Gasteiger charge is 2.29. The first-order chi connectivity index (χ1) is 13.0. The zero-order valence-corrected chi connectivity index (χ0v) is 16.0. The highest BCUT2D eigenvalue weighted by atomic mass is 16.5. The number of ether oxygens (including phenoxy) is 1. The van der Waals surface area contributed by atoms with Gasteiger partial charge < -0.3 is 25.4 Å². The van der Waals surface area contributed by atoms with Gasteiger partial charge in [0.05, 0.1) is 25.0 Å². The highest BCUT2D eigenvalue weighted by Crippen LogP contribution is 2.18. The van der Waals surface area contributed by atoms with E-state index < -0.39 is 12.0 Å². The van der Waals surface area contributed by atoms with E-state index in [0.717, 1.165) is 32.4 Å². The lowest BCUT2D eigenvalue weighted by molar-refractivity contribution is -0.138. The molecule has 0 aromatic heterocycles. The molecule has 3 N–H and O–H groups in total. The summed E-state index contributed by atoms with van der Waals surface area (Å²) in [5.74, 6) is -1.13. The van der Waals surface area contributed by atoms with Crippen LogP contribution in [0.25, 0.3) is 0 Å². The third-order valence-corrected chi connectivity index (χ3v) is 5.13. The predicted molar refractivity (Wildman–Crippen MR) is 100 cm³/mol. The molecule has 8 nitrogen and oxygen atoms in total. The standard InChI is InChI=1S/C19H31N3O5/c1-27-13-16(11-18(24)25)21-19(26)15-3-2-10-22(12-15)17(23)5-4-14-6-8-20-9-7-14/h4-5,14-16,20H,2-3,6-13H2,1H3,(H,21,26)(H,24,25)/b5-4+/t15-,16+/m1/s1. The zero-order valence-electron chi connectivity index (χ0n) is 16.0. The molecule has 2 amide bonds. The van der Waals surface area contributed by atoms with E-state index in [2.05, 4.69) is 10.6 Å². The maximum absolute atomic E-state index is 12.5. The Bertz CT molecular complexity index is 545. The molecule has 152 valence electrons. The van der Waals surface area contributed by atoms with Gasteiger partial charge in [0, 0.05) is 20.2 Å². The molecule has 0 bridgehead atoms. The minimum absolute atomic E-state index is 0.0509. The van der Waals surface area contributed by atoms with Crippen LogP contribution in [0.2, 0.25) is 0 Å². The smallest absolute Gasteiger partial charge is 0.305 e. The Balaban J connectivity index is 1.85. The lowest BCUT2D eigenvalue weighted by Crippen LogP contribution is -2.48. The Labute approximate surface area is 160 Å². The second kappa shape index (κ2) is 11.0. The first kappa shape index (κ1) is 21.4. The number of allylic oxidation sites excluding steroid dienone is 1. The van der Waals surface area contributed by atoms with Gasteiger partial charge in [-0.25, -0.2) is 0 Å². The Morgan fingerprint density at radius 1 is 1.30 bits per heavy atom. The number of piperidine rings is 2. The molecule has 2 atom stereocenters. The topological polar surface area (TPSA) is 108 Å². The van der Waals surface area contributed by atoms with Gasteiger partial charge in [-0.1, -0.05) is 6.08 Å². The van der Waals surface area contributed by atoms with E-state index >= 15 is 0 Å². The second-order valence-corrected chi connectivity index (χ2v) is 7.33. The summed E-state index contributed by atoms with van der Waals surface area (Å²) in [6, 6.07) is -0.564. The molecule has 2 fully saturated rings. The van der Waals surface area contributed by atoms with Crippen molar-refractivity contribution in [3.05, 3.63) is 12.2 Å². The summed E-state index contributed by atoms with van der Waals surface area (Å²) in [7, 11) is 1.47. The molecular formula is C19H31N3O5. The molecule has 0 aliphatic carbocycles. The van der Waals surface area contributed by atoms with E-state index in [1.165, 1.54) is 7.11 Å². The molecule has 0 saturated carbocycles. The number of hydrogen-bond donors (Lipinski definition) is 3. The van der Waals surface area contributed by atoms with Gasteiger partial charge in [-0.3, -0.25) is 14.4 Å². The molecule has 0 aromatic rings. The minimum Gasteiger partial charge on any atom is -0.481 e. The minimum atomic E-state index is -0.985. The lowest BCUT2D eigenvalue weighted by atomic mass is 9.95. The molecule has 2 aliphatic heterocycles. The fraction of sp³-hybridized carbons (Fsp3) is 0.737. The summed E-state index contributed by atoms with van der Waals surface area (Å²) in [6.07, 6.45) is 6.99. The number of rotatable bonds is 8. The van der Waals surface area contributed by atoms with E-state index in [0.29, 0.717) is 25.4 Å². The number of carbonyl (C=O) groups is 3. The van der Waals surface area contributed by atoms with E-state index in [-0.39, 0.29) is 30.8 Å². The number of hydrogen-bond acceptors (Lipinski definition) is 5. The van der Waals surface area contributed by atoms with Crippen molar-refractivity contribution in [3.8, 4) is 0 Å². The van der Waals surface area contributed by atoms with E-state index in [4.69, 9.17) is 9.84 Å². The molecular weight excluding hydrogens is 350 g/mol. The molecule has 0 unspecified atom stereocenters. The fourth-order valence-corrected chi connectivity index (χ4v) is 3.63. The predicted octanol–water partition coefficient (Wildman–Crippen LogP) is 0.387. The SMILES string of the molecule is COC[C@H](CC(=O)O)NC(=O)[C@@H]1CCCN(C(=O)/C=C/C2CCNCC2)C1. The monoisotopic (exact) mass is 381 g/mol. The fourth-order valence-electron chi connectivity index (χ4n) is 3.63. The Morgan fingerprint density at radius 2 is 2.04 bits per heavy atom. The van der Waals surface area contributed by atoms with Crippen molar-refractivity contribution in [2.75, 3.05) is 39.9 Å². The van der Waals surface area contributed by atoms with E-state index in [1.807, 2.05) is 6.08 Å². The average molecular weight is 381 g/mol. The lowest BCUT2D eigenvalue weighted by Gasteiger charge is -2.32. The number of carboxylic acids is 1. The van der Waals surface area contributed by atoms with Crippen LogP contribution in [-0.2, 0) is 19.1 Å². The Morgan fingerprint density at radius 3 is 2.70 bits per heavy atom. The number of aliphatic carboxylic acids is 1. The first-order valence-corrected chi connectivity index (χ1v) is 9.68. The van der Waals surface area contributed by atoms with Crippen molar-refractivity contribution in [1.29, 1.82) is 0 Å². The molecule has 2 aliphatic rings. The summed E-state index contributed by atoms with van der Waals surface area (Å²) < 4.78 is 4.99. The number of methoxy groups -OCH3 is 1. The third-order valence-electron chi connectivity index (χ3n) is 5.13. The zero-order chi connectivity index (χ0) is 19.6. The average Bonchev–Trinajstić information content (AvgIpc) is 2.66. The van der Waals surface area contributed by atoms with Crippen LogP contribution in [0, 0.1) is 11.8 Å². The summed E-state index contributed by atoms with van der Waals surface area (Å²) in [6.45, 7) is 3.12. The summed E-state index contributed by atoms with van der Waals surface area (Å²) in [4.78, 5) is 37.6. The van der Waals surface area contributed by atoms with Crippen LogP contribution in [0.4, 0.5) is 0 Å². The van der Waals surface area contributed by atoms with Gasteiger partial charge >= 0.3 is 5.97 Å². The molecule has 2 saturated heterocycles. The van der Waals surface area contributed by atoms with Gasteiger partial charge in [-0.05, 0) is 50.8 Å². The number of carbonyl (C=O) groups excluding carboxylic acids is 2. The van der Waals surface area contributed by atoms with E-state index in [9.17, 15) is 14.4 Å². The van der Waals surface area contributed by atoms with Gasteiger partial charge in [0.1, 0.15) is 0 Å². The van der Waals surface area contributed by atoms with Crippen molar-refractivity contribution in [2.24, 2.45) is 11.8 Å². The maximum Gasteiger partial charge on any atom is 0.305 e. The molecule has 2 heterocycles. The molecule has 27 heavy (non-hydrogen) atoms. The van der Waals surface area contributed by atoms with Crippen LogP contribution in [0.15, 0.2) is 12.2 Å². The van der Waals surface area contributed by atoms with Crippen LogP contribution in [0.1, 0.15) is 32.1 Å². The normalized spacial score (nSPS) is 22.6. The van der Waals surface area contributed by atoms with Gasteiger partial charge in [-0.2, -0.15) is 0 Å². The van der Waals surface area contributed by atoms with Crippen molar-refractivity contribution in [3.63, 3.8) is 0 Å². The van der Waals surface area contributed by atoms with Gasteiger partial charge in [0.25, 0.3) is 0 Å². The van der Waals surface area contributed by atoms with Crippen molar-refractivity contribution in [2.45, 2.75) is 38.1 Å². The highest BCUT2D eigenvalue weighted by molar-refractivity contribution is 5.88. The van der Waals surface area contributed by atoms with Gasteiger partial charge in [-0.15, -0.1) is 0 Å². The summed E-state index contributed by atoms with van der Waals surface area (Å²) in [5, 5.41) is 15.0. The molecule has 8 heteroatoms. The number of carboxylic acid groups (broad SMARTS) is 1. The molecule has 0 aromatic carbocycles. The number of likely N-dealkylation sites (tertiary alicyclic amines) is 1. The van der Waals surface area contributed by atoms with Crippen LogP contribution in [0.3, 0.4) is 0 Å². The van der Waals surface area contributed by atoms with Crippen molar-refractivity contribution >= 4 is 17.8 Å². The second-order valence-electron chi connectivity index (χ2n) is 7.33. The Hall–Kier alpha value is -1.93. The van der Waals surface area contributed by atoms with Crippen molar-refractivity contribution < 1.29 is 24.2 Å². The summed E-state index contributed by atoms with van der Waals surface area (Å²) >= 11 is 0. The summed E-state index contributed by atoms with van der Waals surface area (Å²) in [5.41, 5.74) is 0. The molecule has 0 radical (unpaired) electrons. The van der Waals surface area contributed by atoms with E-state index in [1.54, 1.807) is 11.0 Å². The van der Waals surface area contributed by atoms with Crippen molar-refractivity contribution in [1.82, 2.24) is 15.5 Å². The van der Waals surface area contributed by atoms with Crippen LogP contribution >= 0.6 is 0 Å². The van der Waals surface area contributed by atoms with Crippen LogP contribution in [0.5, 0.6) is 0 Å². The molecule has 2 rings (SSSR count). The van der Waals surface area contributed by atoms with Gasteiger partial charge in [0.15, 0.2) is 0 Å². The van der Waals surface area contributed by atoms with Gasteiger partial charge in [0.2, 0.25) is 11.8 Å². The number of nitrogens with one attached hydrogen (secondary N) is 2. The Kier molecular flexibility index (Phi) is 8.74. The number of nitrogens with zero attached hydrogens (tertiary/aromatic N) is 1. The number of amides is 2. The quantitative estimate of drug-likeness (QED) is 0.525. The largest absolute Gasteiger partial charge is 0.481 e. The maximum atomic E-state index is 12.5. The third kappa shape index (κ3) is 7.30.